The number of rotatable bonds is 4. The zero-order chi connectivity index (χ0) is 11.5. The van der Waals surface area contributed by atoms with Gasteiger partial charge >= 0.3 is 0 Å². The SMILES string of the molecule is Cc1nc(CCNc2nc(C)c(C)s2)no1. The van der Waals surface area contributed by atoms with Crippen molar-refractivity contribution in [3.63, 3.8) is 0 Å². The molecule has 2 aromatic heterocycles. The van der Waals surface area contributed by atoms with Crippen molar-refractivity contribution < 1.29 is 4.52 Å². The molecule has 0 aliphatic heterocycles. The van der Waals surface area contributed by atoms with Crippen molar-refractivity contribution in [2.24, 2.45) is 0 Å². The van der Waals surface area contributed by atoms with E-state index in [1.165, 1.54) is 4.88 Å². The highest BCUT2D eigenvalue weighted by Crippen LogP contribution is 2.20. The molecular weight excluding hydrogens is 224 g/mol. The van der Waals surface area contributed by atoms with Crippen LogP contribution in [0.1, 0.15) is 22.3 Å². The Morgan fingerprint density at radius 1 is 1.25 bits per heavy atom. The number of nitrogens with zero attached hydrogens (tertiary/aromatic N) is 3. The van der Waals surface area contributed by atoms with Gasteiger partial charge in [0.1, 0.15) is 0 Å². The topological polar surface area (TPSA) is 63.8 Å². The Kier molecular flexibility index (Phi) is 3.19. The summed E-state index contributed by atoms with van der Waals surface area (Å²) in [5.41, 5.74) is 1.09. The maximum atomic E-state index is 4.89. The highest BCUT2D eigenvalue weighted by atomic mass is 32.1. The summed E-state index contributed by atoms with van der Waals surface area (Å²) in [6, 6.07) is 0. The van der Waals surface area contributed by atoms with E-state index in [0.717, 1.165) is 29.6 Å². The van der Waals surface area contributed by atoms with Gasteiger partial charge in [0.15, 0.2) is 11.0 Å². The lowest BCUT2D eigenvalue weighted by Crippen LogP contribution is -2.05. The Balaban J connectivity index is 1.84. The highest BCUT2D eigenvalue weighted by molar-refractivity contribution is 7.15. The minimum absolute atomic E-state index is 0.607. The summed E-state index contributed by atoms with van der Waals surface area (Å²) in [6.45, 7) is 6.64. The predicted octanol–water partition coefficient (Wildman–Crippen LogP) is 2.11. The predicted molar refractivity (Wildman–Crippen MR) is 62.8 cm³/mol. The van der Waals surface area contributed by atoms with Crippen molar-refractivity contribution in [3.05, 3.63) is 22.3 Å². The van der Waals surface area contributed by atoms with Crippen LogP contribution in [0, 0.1) is 20.8 Å². The molecule has 0 fully saturated rings. The molecular formula is C10H14N4OS. The molecule has 0 saturated heterocycles. The molecule has 0 aromatic carbocycles. The van der Waals surface area contributed by atoms with Crippen LogP contribution in [0.25, 0.3) is 0 Å². The minimum Gasteiger partial charge on any atom is -0.361 e. The zero-order valence-electron chi connectivity index (χ0n) is 9.57. The number of aromatic nitrogens is 3. The van der Waals surface area contributed by atoms with Crippen molar-refractivity contribution >= 4 is 16.5 Å². The summed E-state index contributed by atoms with van der Waals surface area (Å²) in [5, 5.41) is 8.03. The lowest BCUT2D eigenvalue weighted by atomic mass is 10.4. The van der Waals surface area contributed by atoms with Crippen molar-refractivity contribution in [1.82, 2.24) is 15.1 Å². The van der Waals surface area contributed by atoms with E-state index in [-0.39, 0.29) is 0 Å². The molecule has 0 radical (unpaired) electrons. The Labute approximate surface area is 97.9 Å². The second kappa shape index (κ2) is 4.61. The molecule has 0 aliphatic rings. The van der Waals surface area contributed by atoms with E-state index in [2.05, 4.69) is 27.4 Å². The number of nitrogens with one attached hydrogen (secondary N) is 1. The Morgan fingerprint density at radius 2 is 2.06 bits per heavy atom. The zero-order valence-corrected chi connectivity index (χ0v) is 10.4. The molecule has 0 spiro atoms. The third-order valence-corrected chi connectivity index (χ3v) is 3.25. The number of thiazole rings is 1. The maximum absolute atomic E-state index is 4.89. The first-order valence-corrected chi connectivity index (χ1v) is 5.94. The standard InChI is InChI=1S/C10H14N4OS/c1-6-7(2)16-10(12-6)11-5-4-9-13-8(3)15-14-9/h4-5H2,1-3H3,(H,11,12). The first-order valence-electron chi connectivity index (χ1n) is 5.12. The van der Waals surface area contributed by atoms with Gasteiger partial charge in [0.05, 0.1) is 5.69 Å². The van der Waals surface area contributed by atoms with Gasteiger partial charge in [-0.1, -0.05) is 5.16 Å². The van der Waals surface area contributed by atoms with E-state index in [9.17, 15) is 0 Å². The van der Waals surface area contributed by atoms with Gasteiger partial charge in [-0.2, -0.15) is 4.98 Å². The molecule has 2 heterocycles. The number of hydrogen-bond acceptors (Lipinski definition) is 6. The van der Waals surface area contributed by atoms with E-state index in [4.69, 9.17) is 4.52 Å². The summed E-state index contributed by atoms with van der Waals surface area (Å²) < 4.78 is 4.89. The van der Waals surface area contributed by atoms with E-state index in [1.54, 1.807) is 18.3 Å². The molecule has 0 unspecified atom stereocenters. The van der Waals surface area contributed by atoms with Crippen molar-refractivity contribution in [1.29, 1.82) is 0 Å². The van der Waals surface area contributed by atoms with Gasteiger partial charge in [-0.3, -0.25) is 0 Å². The van der Waals surface area contributed by atoms with E-state index >= 15 is 0 Å². The monoisotopic (exact) mass is 238 g/mol. The normalized spacial score (nSPS) is 10.7. The quantitative estimate of drug-likeness (QED) is 0.883. The van der Waals surface area contributed by atoms with E-state index in [0.29, 0.717) is 5.89 Å². The largest absolute Gasteiger partial charge is 0.361 e. The molecule has 6 heteroatoms. The Morgan fingerprint density at radius 3 is 2.62 bits per heavy atom. The van der Waals surface area contributed by atoms with Crippen LogP contribution in [0.2, 0.25) is 0 Å². The minimum atomic E-state index is 0.607. The van der Waals surface area contributed by atoms with Crippen LogP contribution >= 0.6 is 11.3 Å². The number of hydrogen-bond donors (Lipinski definition) is 1. The number of aryl methyl sites for hydroxylation is 3. The lowest BCUT2D eigenvalue weighted by Gasteiger charge is -1.98. The molecule has 5 nitrogen and oxygen atoms in total. The molecule has 2 aromatic rings. The van der Waals surface area contributed by atoms with Gasteiger partial charge in [0.2, 0.25) is 5.89 Å². The number of anilines is 1. The molecule has 1 N–H and O–H groups in total. The average molecular weight is 238 g/mol. The van der Waals surface area contributed by atoms with Crippen molar-refractivity contribution in [2.45, 2.75) is 27.2 Å². The third kappa shape index (κ3) is 2.57. The van der Waals surface area contributed by atoms with Crippen LogP contribution in [-0.4, -0.2) is 21.7 Å². The summed E-state index contributed by atoms with van der Waals surface area (Å²) >= 11 is 1.67. The maximum Gasteiger partial charge on any atom is 0.223 e. The van der Waals surface area contributed by atoms with Crippen LogP contribution in [-0.2, 0) is 6.42 Å². The fourth-order valence-corrected chi connectivity index (χ4v) is 2.11. The fourth-order valence-electron chi connectivity index (χ4n) is 1.27. The summed E-state index contributed by atoms with van der Waals surface area (Å²) in [4.78, 5) is 9.77. The first-order chi connectivity index (χ1) is 7.65. The highest BCUT2D eigenvalue weighted by Gasteiger charge is 2.04. The summed E-state index contributed by atoms with van der Waals surface area (Å²) in [7, 11) is 0. The van der Waals surface area contributed by atoms with Gasteiger partial charge in [-0.15, -0.1) is 11.3 Å². The lowest BCUT2D eigenvalue weighted by molar-refractivity contribution is 0.387. The molecule has 86 valence electrons. The molecule has 0 aliphatic carbocycles. The van der Waals surface area contributed by atoms with Gasteiger partial charge < -0.3 is 9.84 Å². The summed E-state index contributed by atoms with van der Waals surface area (Å²) in [5.74, 6) is 1.34. The summed E-state index contributed by atoms with van der Waals surface area (Å²) in [6.07, 6.45) is 0.745. The smallest absolute Gasteiger partial charge is 0.223 e. The second-order valence-electron chi connectivity index (χ2n) is 3.57. The molecule has 0 amide bonds. The molecule has 0 atom stereocenters. The first kappa shape index (κ1) is 11.1. The van der Waals surface area contributed by atoms with Crippen LogP contribution in [0.15, 0.2) is 4.52 Å². The van der Waals surface area contributed by atoms with E-state index in [1.807, 2.05) is 6.92 Å². The third-order valence-electron chi connectivity index (χ3n) is 2.22. The molecule has 0 bridgehead atoms. The molecule has 0 saturated carbocycles. The average Bonchev–Trinajstić information content (AvgIpc) is 2.75. The van der Waals surface area contributed by atoms with Crippen LogP contribution in [0.3, 0.4) is 0 Å². The molecule has 16 heavy (non-hydrogen) atoms. The van der Waals surface area contributed by atoms with Crippen LogP contribution in [0.5, 0.6) is 0 Å². The van der Waals surface area contributed by atoms with Gasteiger partial charge in [0, 0.05) is 24.8 Å². The Bertz CT molecular complexity index is 457. The van der Waals surface area contributed by atoms with Crippen LogP contribution in [0.4, 0.5) is 5.13 Å². The second-order valence-corrected chi connectivity index (χ2v) is 4.77. The van der Waals surface area contributed by atoms with Crippen molar-refractivity contribution in [3.8, 4) is 0 Å². The Hall–Kier alpha value is -1.43. The van der Waals surface area contributed by atoms with Gasteiger partial charge in [0.25, 0.3) is 0 Å². The van der Waals surface area contributed by atoms with Crippen LogP contribution < -0.4 is 5.32 Å². The molecule has 2 rings (SSSR count). The van der Waals surface area contributed by atoms with E-state index < -0.39 is 0 Å². The van der Waals surface area contributed by atoms with Crippen molar-refractivity contribution in [2.75, 3.05) is 11.9 Å². The van der Waals surface area contributed by atoms with Gasteiger partial charge in [-0.25, -0.2) is 4.98 Å². The van der Waals surface area contributed by atoms with Gasteiger partial charge in [-0.05, 0) is 13.8 Å². The fraction of sp³-hybridized carbons (Fsp3) is 0.500.